The van der Waals surface area contributed by atoms with E-state index in [4.69, 9.17) is 11.5 Å². The molecule has 0 amide bonds. The van der Waals surface area contributed by atoms with Crippen molar-refractivity contribution in [2.75, 3.05) is 6.54 Å². The zero-order valence-electron chi connectivity index (χ0n) is 33.1. The third kappa shape index (κ3) is 5.99. The van der Waals surface area contributed by atoms with E-state index in [0.29, 0.717) is 17.6 Å². The number of aliphatic carboxylic acids is 1. The Morgan fingerprint density at radius 1 is 1.02 bits per heavy atom. The van der Waals surface area contributed by atoms with Crippen LogP contribution in [0.15, 0.2) is 76.3 Å². The Labute approximate surface area is 324 Å². The highest BCUT2D eigenvalue weighted by Crippen LogP contribution is 2.78. The number of ketones is 2. The molecule has 1 aromatic rings. The first-order valence-electron chi connectivity index (χ1n) is 19.6. The molecule has 9 N–H and O–H groups in total. The molecule has 0 saturated heterocycles. The highest BCUT2D eigenvalue weighted by atomic mass is 16.4. The molecule has 2 saturated carbocycles. The van der Waals surface area contributed by atoms with Crippen LogP contribution in [0.2, 0.25) is 0 Å². The molecule has 0 heterocycles. The van der Waals surface area contributed by atoms with Crippen LogP contribution in [-0.2, 0) is 14.4 Å². The number of carbonyl (C=O) groups is 3. The zero-order chi connectivity index (χ0) is 40.7. The van der Waals surface area contributed by atoms with Crippen molar-refractivity contribution in [3.05, 3.63) is 76.9 Å². The van der Waals surface area contributed by atoms with E-state index < -0.39 is 80.6 Å². The van der Waals surface area contributed by atoms with E-state index in [-0.39, 0.29) is 55.3 Å². The minimum absolute atomic E-state index is 0.0497. The molecule has 0 aromatic heterocycles. The van der Waals surface area contributed by atoms with Gasteiger partial charge in [0.2, 0.25) is 0 Å². The van der Waals surface area contributed by atoms with Crippen LogP contribution in [-0.4, -0.2) is 79.0 Å². The summed E-state index contributed by atoms with van der Waals surface area (Å²) in [4.78, 5) is 45.3. The lowest BCUT2D eigenvalue weighted by Crippen LogP contribution is -2.69. The Balaban J connectivity index is 1.55. The monoisotopic (exact) mass is 757 g/mol. The number of benzene rings is 1. The maximum atomic E-state index is 15.1. The summed E-state index contributed by atoms with van der Waals surface area (Å²) in [7, 11) is 0. The first-order valence-corrected chi connectivity index (χ1v) is 19.6. The van der Waals surface area contributed by atoms with E-state index in [2.05, 4.69) is 11.9 Å². The van der Waals surface area contributed by atoms with E-state index in [1.165, 1.54) is 13.0 Å². The van der Waals surface area contributed by atoms with Gasteiger partial charge in [0, 0.05) is 65.0 Å². The van der Waals surface area contributed by atoms with Crippen LogP contribution in [0.5, 0.6) is 0 Å². The number of fused-ring (bicyclic) bond motifs is 2. The Morgan fingerprint density at radius 3 is 2.27 bits per heavy atom. The van der Waals surface area contributed by atoms with Crippen molar-refractivity contribution >= 4 is 29.6 Å². The van der Waals surface area contributed by atoms with Gasteiger partial charge in [0.15, 0.2) is 11.7 Å². The number of nitrogens with zero attached hydrogens (tertiary/aromatic N) is 1. The summed E-state index contributed by atoms with van der Waals surface area (Å²) < 4.78 is 0. The molecule has 11 nitrogen and oxygen atoms in total. The van der Waals surface area contributed by atoms with Gasteiger partial charge in [0.25, 0.3) is 0 Å². The molecular weight excluding hydrogens is 698 g/mol. The Hall–Kier alpha value is -3.90. The molecule has 0 aliphatic heterocycles. The summed E-state index contributed by atoms with van der Waals surface area (Å²) >= 11 is 0. The summed E-state index contributed by atoms with van der Waals surface area (Å²) in [6, 6.07) is 9.74. The van der Waals surface area contributed by atoms with Crippen LogP contribution in [0.1, 0.15) is 86.1 Å². The maximum Gasteiger partial charge on any atom is 0.331 e. The highest BCUT2D eigenvalue weighted by molar-refractivity contribution is 6.02. The molecule has 55 heavy (non-hydrogen) atoms. The number of carboxylic acids is 1. The van der Waals surface area contributed by atoms with Gasteiger partial charge in [-0.2, -0.15) is 0 Å². The summed E-state index contributed by atoms with van der Waals surface area (Å²) in [6.45, 7) is 13.2. The smallest absolute Gasteiger partial charge is 0.331 e. The van der Waals surface area contributed by atoms with Crippen molar-refractivity contribution < 1.29 is 39.9 Å². The van der Waals surface area contributed by atoms with Gasteiger partial charge in [-0.05, 0) is 66.2 Å². The molecule has 0 unspecified atom stereocenters. The van der Waals surface area contributed by atoms with E-state index in [9.17, 15) is 35.1 Å². The second-order valence-corrected chi connectivity index (χ2v) is 18.5. The quantitative estimate of drug-likeness (QED) is 0.0733. The van der Waals surface area contributed by atoms with Crippen LogP contribution in [0.4, 0.5) is 0 Å². The second-order valence-electron chi connectivity index (χ2n) is 18.5. The number of hydrogen-bond donors (Lipinski definition) is 7. The number of nitrogens with two attached hydrogens (primary N) is 2. The van der Waals surface area contributed by atoms with Gasteiger partial charge >= 0.3 is 5.97 Å². The predicted octanol–water partition coefficient (Wildman–Crippen LogP) is 4.34. The molecule has 6 rings (SSSR count). The lowest BCUT2D eigenvalue weighted by molar-refractivity contribution is -0.162. The SMILES string of the molecule is C[C@H]([C@@H](CN=C(N)N)[C@H](O)C=C(C[C@H](C)O)C(=O)O)[C@@H]1C[C@]2(O)C=C[C@@]3(O)C4=C(C(=O)C[C@@]1(C)[C@]42C)[C@@]1(C)CCC(=O)C(C)(C)[C@@H]1[C@@H]3C=Cc1ccccc1. The minimum Gasteiger partial charge on any atom is -0.478 e. The highest BCUT2D eigenvalue weighted by Gasteiger charge is 2.78. The Morgan fingerprint density at radius 2 is 1.67 bits per heavy atom. The zero-order valence-corrected chi connectivity index (χ0v) is 33.1. The van der Waals surface area contributed by atoms with Crippen LogP contribution in [0.25, 0.3) is 6.08 Å². The number of allylic oxidation sites excluding steroid dienone is 1. The third-order valence-electron chi connectivity index (χ3n) is 15.1. The number of carboxylic acid groups (broad SMARTS) is 1. The maximum absolute atomic E-state index is 15.1. The molecule has 11 heteroatoms. The number of aliphatic hydroxyl groups excluding tert-OH is 2. The number of Topliss-reactive ketones (excluding diaryl/α,β-unsaturated/α-hetero) is 2. The van der Waals surface area contributed by atoms with Gasteiger partial charge in [0.1, 0.15) is 11.4 Å². The van der Waals surface area contributed by atoms with Gasteiger partial charge in [-0.3, -0.25) is 14.6 Å². The van der Waals surface area contributed by atoms with Gasteiger partial charge in [0.05, 0.1) is 17.8 Å². The summed E-state index contributed by atoms with van der Waals surface area (Å²) in [5.41, 5.74) is 6.23. The molecule has 0 bridgehead atoms. The Kier molecular flexibility index (Phi) is 10.1. The number of aliphatic imine (C=N–C) groups is 1. The lowest BCUT2D eigenvalue weighted by Gasteiger charge is -2.68. The molecule has 0 spiro atoms. The van der Waals surface area contributed by atoms with Crippen molar-refractivity contribution in [3.8, 4) is 0 Å². The molecule has 5 aliphatic carbocycles. The van der Waals surface area contributed by atoms with Crippen molar-refractivity contribution in [2.45, 2.75) is 104 Å². The van der Waals surface area contributed by atoms with Crippen molar-refractivity contribution in [2.24, 2.45) is 67.7 Å². The van der Waals surface area contributed by atoms with E-state index in [1.54, 1.807) is 12.2 Å². The van der Waals surface area contributed by atoms with Crippen molar-refractivity contribution in [3.63, 3.8) is 0 Å². The number of carbonyl (C=O) groups excluding carboxylic acids is 2. The van der Waals surface area contributed by atoms with E-state index in [0.717, 1.165) is 5.56 Å². The predicted molar refractivity (Wildman–Crippen MR) is 210 cm³/mol. The second kappa shape index (κ2) is 13.6. The average Bonchev–Trinajstić information content (AvgIpc) is 3.28. The fourth-order valence-electron chi connectivity index (χ4n) is 12.3. The van der Waals surface area contributed by atoms with E-state index >= 15 is 4.79 Å². The fourth-order valence-corrected chi connectivity index (χ4v) is 12.3. The molecule has 2 fully saturated rings. The topological polar surface area (TPSA) is 217 Å². The van der Waals surface area contributed by atoms with Gasteiger partial charge in [-0.25, -0.2) is 4.79 Å². The number of guanidine groups is 1. The lowest BCUT2D eigenvalue weighted by atomic mass is 9.36. The fraction of sp³-hybridized carbons (Fsp3) is 0.591. The van der Waals surface area contributed by atoms with Crippen LogP contribution < -0.4 is 11.5 Å². The van der Waals surface area contributed by atoms with Crippen molar-refractivity contribution in [1.29, 1.82) is 0 Å². The summed E-state index contributed by atoms with van der Waals surface area (Å²) in [5, 5.41) is 58.1. The molecule has 0 radical (unpaired) electrons. The largest absolute Gasteiger partial charge is 0.478 e. The Bertz CT molecular complexity index is 1910. The minimum atomic E-state index is -1.73. The first kappa shape index (κ1) is 40.8. The number of aliphatic hydroxyl groups is 4. The average molecular weight is 758 g/mol. The van der Waals surface area contributed by atoms with Crippen LogP contribution >= 0.6 is 0 Å². The van der Waals surface area contributed by atoms with E-state index in [1.807, 2.05) is 77.1 Å². The molecule has 298 valence electrons. The first-order chi connectivity index (χ1) is 25.5. The normalized spacial score (nSPS) is 38.6. The van der Waals surface area contributed by atoms with Crippen LogP contribution in [0, 0.1) is 51.2 Å². The van der Waals surface area contributed by atoms with Gasteiger partial charge < -0.3 is 37.0 Å². The van der Waals surface area contributed by atoms with Crippen LogP contribution in [0.3, 0.4) is 0 Å². The third-order valence-corrected chi connectivity index (χ3v) is 15.1. The molecule has 1 aromatic carbocycles. The number of rotatable bonds is 11. The number of hydrogen-bond acceptors (Lipinski definition) is 8. The molecule has 12 atom stereocenters. The summed E-state index contributed by atoms with van der Waals surface area (Å²) in [5.74, 6) is -4.30. The standard InChI is InChI=1S/C44H59N3O8/c1-24(48)19-27(37(52)53)20-31(49)28(23-47-38(45)46)25(2)30-21-43(54)17-18-44(55)29(14-13-26-11-9-8-10-12-26)35-39(3,4)33(51)15-16-40(35,5)34-32(50)22-41(30,6)42(43,7)36(34)44/h8-14,17-18,20,24-25,28-31,35,48-49,54-55H,15-16,19,21-23H2,1-7H3,(H,52,53)(H4,45,46,47)/t24-,25+,28+,29-,30-,31+,35-,40+,41+,42-,43+,44-/m0/s1. The van der Waals surface area contributed by atoms with Crippen molar-refractivity contribution in [1.82, 2.24) is 0 Å². The van der Waals surface area contributed by atoms with Gasteiger partial charge in [-0.15, -0.1) is 0 Å². The summed E-state index contributed by atoms with van der Waals surface area (Å²) in [6.07, 6.45) is 6.99. The van der Waals surface area contributed by atoms with Gasteiger partial charge in [-0.1, -0.05) is 90.1 Å². The molecule has 5 aliphatic rings. The molecular formula is C44H59N3O8.